The number of aryl methyl sites for hydroxylation is 1. The summed E-state index contributed by atoms with van der Waals surface area (Å²) in [6.45, 7) is 2.08. The summed E-state index contributed by atoms with van der Waals surface area (Å²) >= 11 is 0. The van der Waals surface area contributed by atoms with Crippen molar-refractivity contribution in [1.29, 1.82) is 0 Å². The van der Waals surface area contributed by atoms with Gasteiger partial charge in [-0.2, -0.15) is 0 Å². The van der Waals surface area contributed by atoms with Gasteiger partial charge in [-0.3, -0.25) is 4.79 Å². The normalized spacial score (nSPS) is 10.1. The molecule has 4 nitrogen and oxygen atoms in total. The Morgan fingerprint density at radius 2 is 2.00 bits per heavy atom. The number of rotatable bonds is 4. The summed E-state index contributed by atoms with van der Waals surface area (Å²) in [6.07, 6.45) is 2.53. The van der Waals surface area contributed by atoms with Crippen molar-refractivity contribution in [1.82, 2.24) is 4.98 Å². The summed E-state index contributed by atoms with van der Waals surface area (Å²) in [7, 11) is 0. The first-order chi connectivity index (χ1) is 8.70. The molecule has 1 amide bonds. The average molecular weight is 242 g/mol. The van der Waals surface area contributed by atoms with Crippen molar-refractivity contribution in [2.75, 3.05) is 0 Å². The minimum atomic E-state index is -0.553. The van der Waals surface area contributed by atoms with Gasteiger partial charge in [-0.15, -0.1) is 0 Å². The molecule has 2 rings (SSSR count). The van der Waals surface area contributed by atoms with Gasteiger partial charge in [0.2, 0.25) is 5.88 Å². The van der Waals surface area contributed by atoms with E-state index in [1.807, 2.05) is 24.3 Å². The number of carbonyl (C=O) groups excluding carboxylic acids is 1. The number of nitrogens with two attached hydrogens (primary N) is 1. The first-order valence-corrected chi connectivity index (χ1v) is 5.72. The van der Waals surface area contributed by atoms with Crippen molar-refractivity contribution in [3.63, 3.8) is 0 Å². The van der Waals surface area contributed by atoms with Crippen LogP contribution in [0.5, 0.6) is 11.6 Å². The Kier molecular flexibility index (Phi) is 3.57. The summed E-state index contributed by atoms with van der Waals surface area (Å²) < 4.78 is 5.56. The molecule has 1 aromatic carbocycles. The number of hydrogen-bond acceptors (Lipinski definition) is 3. The fourth-order valence-electron chi connectivity index (χ4n) is 1.56. The van der Waals surface area contributed by atoms with Crippen LogP contribution in [0.25, 0.3) is 0 Å². The Labute approximate surface area is 105 Å². The predicted octanol–water partition coefficient (Wildman–Crippen LogP) is 2.54. The maximum absolute atomic E-state index is 11.2. The second-order valence-corrected chi connectivity index (χ2v) is 3.82. The molecule has 0 fully saturated rings. The number of carbonyl (C=O) groups is 1. The van der Waals surface area contributed by atoms with Crippen molar-refractivity contribution in [2.24, 2.45) is 5.73 Å². The molecule has 0 spiro atoms. The lowest BCUT2D eigenvalue weighted by molar-refractivity contribution is 0.0997. The SMILES string of the molecule is CCc1ccc(Oc2ncccc2C(N)=O)cc1. The molecule has 4 heteroatoms. The first-order valence-electron chi connectivity index (χ1n) is 5.72. The Hall–Kier alpha value is -2.36. The Morgan fingerprint density at radius 1 is 1.28 bits per heavy atom. The van der Waals surface area contributed by atoms with Gasteiger partial charge in [0.25, 0.3) is 5.91 Å². The first kappa shape index (κ1) is 12.1. The molecule has 0 aliphatic heterocycles. The topological polar surface area (TPSA) is 65.2 Å². The monoisotopic (exact) mass is 242 g/mol. The van der Waals surface area contributed by atoms with Gasteiger partial charge in [0.15, 0.2) is 0 Å². The summed E-state index contributed by atoms with van der Waals surface area (Å²) in [5, 5.41) is 0. The number of ether oxygens (including phenoxy) is 1. The molecular weight excluding hydrogens is 228 g/mol. The molecule has 2 aromatic rings. The van der Waals surface area contributed by atoms with Crippen LogP contribution in [0.3, 0.4) is 0 Å². The molecular formula is C14H14N2O2. The van der Waals surface area contributed by atoms with Gasteiger partial charge < -0.3 is 10.5 Å². The van der Waals surface area contributed by atoms with Gasteiger partial charge in [-0.05, 0) is 36.2 Å². The third-order valence-corrected chi connectivity index (χ3v) is 2.58. The molecule has 2 N–H and O–H groups in total. The second-order valence-electron chi connectivity index (χ2n) is 3.82. The Balaban J connectivity index is 2.25. The maximum Gasteiger partial charge on any atom is 0.254 e. The second kappa shape index (κ2) is 5.31. The molecule has 0 radical (unpaired) electrons. The standard InChI is InChI=1S/C14H14N2O2/c1-2-10-5-7-11(8-6-10)18-14-12(13(15)17)4-3-9-16-14/h3-9H,2H2,1H3,(H2,15,17). The summed E-state index contributed by atoms with van der Waals surface area (Å²) in [5.41, 5.74) is 6.75. The molecule has 0 unspecified atom stereocenters. The highest BCUT2D eigenvalue weighted by Crippen LogP contribution is 2.22. The fraction of sp³-hybridized carbons (Fsp3) is 0.143. The highest BCUT2D eigenvalue weighted by atomic mass is 16.5. The minimum Gasteiger partial charge on any atom is -0.438 e. The summed E-state index contributed by atoms with van der Waals surface area (Å²) in [6, 6.07) is 10.9. The molecule has 0 aliphatic carbocycles. The maximum atomic E-state index is 11.2. The zero-order valence-corrected chi connectivity index (χ0v) is 10.1. The van der Waals surface area contributed by atoms with Gasteiger partial charge in [0, 0.05) is 6.20 Å². The number of primary amides is 1. The lowest BCUT2D eigenvalue weighted by Gasteiger charge is -2.07. The smallest absolute Gasteiger partial charge is 0.254 e. The van der Waals surface area contributed by atoms with Crippen LogP contribution < -0.4 is 10.5 Å². The van der Waals surface area contributed by atoms with Crippen LogP contribution in [0.2, 0.25) is 0 Å². The van der Waals surface area contributed by atoms with Gasteiger partial charge in [-0.1, -0.05) is 19.1 Å². The number of amides is 1. The van der Waals surface area contributed by atoms with Crippen LogP contribution in [-0.4, -0.2) is 10.9 Å². The van der Waals surface area contributed by atoms with Crippen molar-refractivity contribution < 1.29 is 9.53 Å². The van der Waals surface area contributed by atoms with Crippen molar-refractivity contribution in [3.8, 4) is 11.6 Å². The lowest BCUT2D eigenvalue weighted by Crippen LogP contribution is -2.12. The Morgan fingerprint density at radius 3 is 2.61 bits per heavy atom. The van der Waals surface area contributed by atoms with E-state index in [2.05, 4.69) is 11.9 Å². The van der Waals surface area contributed by atoms with Crippen LogP contribution in [0.1, 0.15) is 22.8 Å². The third kappa shape index (κ3) is 2.66. The quantitative estimate of drug-likeness (QED) is 0.895. The van der Waals surface area contributed by atoms with E-state index in [4.69, 9.17) is 10.5 Å². The molecule has 0 bridgehead atoms. The van der Waals surface area contributed by atoms with Crippen LogP contribution >= 0.6 is 0 Å². The minimum absolute atomic E-state index is 0.231. The molecule has 92 valence electrons. The van der Waals surface area contributed by atoms with Crippen LogP contribution in [0.4, 0.5) is 0 Å². The largest absolute Gasteiger partial charge is 0.438 e. The van der Waals surface area contributed by atoms with E-state index in [9.17, 15) is 4.79 Å². The summed E-state index contributed by atoms with van der Waals surface area (Å²) in [5.74, 6) is 0.311. The molecule has 0 aliphatic rings. The predicted molar refractivity (Wildman–Crippen MR) is 68.6 cm³/mol. The molecule has 0 saturated carbocycles. The lowest BCUT2D eigenvalue weighted by atomic mass is 10.2. The third-order valence-electron chi connectivity index (χ3n) is 2.58. The fourth-order valence-corrected chi connectivity index (χ4v) is 1.56. The molecule has 1 heterocycles. The van der Waals surface area contributed by atoms with E-state index in [1.165, 1.54) is 5.56 Å². The van der Waals surface area contributed by atoms with E-state index in [0.717, 1.165) is 6.42 Å². The van der Waals surface area contributed by atoms with Gasteiger partial charge >= 0.3 is 0 Å². The van der Waals surface area contributed by atoms with Crippen LogP contribution in [-0.2, 0) is 6.42 Å². The number of aromatic nitrogens is 1. The van der Waals surface area contributed by atoms with E-state index in [0.29, 0.717) is 5.75 Å². The number of pyridine rings is 1. The van der Waals surface area contributed by atoms with Crippen LogP contribution in [0, 0.1) is 0 Å². The molecule has 1 aromatic heterocycles. The zero-order chi connectivity index (χ0) is 13.0. The van der Waals surface area contributed by atoms with Gasteiger partial charge in [0.05, 0.1) is 0 Å². The highest BCUT2D eigenvalue weighted by Gasteiger charge is 2.10. The van der Waals surface area contributed by atoms with Gasteiger partial charge in [-0.25, -0.2) is 4.98 Å². The zero-order valence-electron chi connectivity index (χ0n) is 10.1. The number of benzene rings is 1. The van der Waals surface area contributed by atoms with Crippen molar-refractivity contribution >= 4 is 5.91 Å². The molecule has 0 atom stereocenters. The number of nitrogens with zero attached hydrogens (tertiary/aromatic N) is 1. The highest BCUT2D eigenvalue weighted by molar-refractivity contribution is 5.95. The average Bonchev–Trinajstić information content (AvgIpc) is 2.40. The van der Waals surface area contributed by atoms with E-state index >= 15 is 0 Å². The van der Waals surface area contributed by atoms with Crippen molar-refractivity contribution in [2.45, 2.75) is 13.3 Å². The molecule has 18 heavy (non-hydrogen) atoms. The van der Waals surface area contributed by atoms with E-state index in [1.54, 1.807) is 18.3 Å². The summed E-state index contributed by atoms with van der Waals surface area (Å²) in [4.78, 5) is 15.2. The van der Waals surface area contributed by atoms with E-state index in [-0.39, 0.29) is 11.4 Å². The number of hydrogen-bond donors (Lipinski definition) is 1. The van der Waals surface area contributed by atoms with Gasteiger partial charge in [0.1, 0.15) is 11.3 Å². The Bertz CT molecular complexity index is 550. The molecule has 0 saturated heterocycles. The van der Waals surface area contributed by atoms with E-state index < -0.39 is 5.91 Å². The van der Waals surface area contributed by atoms with Crippen LogP contribution in [0.15, 0.2) is 42.6 Å². The van der Waals surface area contributed by atoms with Crippen molar-refractivity contribution in [3.05, 3.63) is 53.7 Å².